The Hall–Kier alpha value is -2.78. The van der Waals surface area contributed by atoms with Gasteiger partial charge in [0.05, 0.1) is 17.3 Å². The smallest absolute Gasteiger partial charge is 0.321 e. The number of carbonyl (C=O) groups excluding carboxylic acids is 2. The molecule has 0 bridgehead atoms. The topological polar surface area (TPSA) is 91.6 Å². The highest BCUT2D eigenvalue weighted by atomic mass is 19.3. The quantitative estimate of drug-likeness (QED) is 0.849. The van der Waals surface area contributed by atoms with E-state index < -0.39 is 24.3 Å². The summed E-state index contributed by atoms with van der Waals surface area (Å²) in [5.41, 5.74) is 1.88. The molecule has 2 aromatic rings. The van der Waals surface area contributed by atoms with Crippen molar-refractivity contribution in [1.29, 1.82) is 0 Å². The predicted octanol–water partition coefficient (Wildman–Crippen LogP) is 1.13. The lowest BCUT2D eigenvalue weighted by atomic mass is 10.0. The van der Waals surface area contributed by atoms with Gasteiger partial charge in [0.2, 0.25) is 12.3 Å². The molecule has 10 heteroatoms. The first kappa shape index (κ1) is 16.7. The molecule has 3 amide bonds. The van der Waals surface area contributed by atoms with E-state index in [1.165, 1.54) is 0 Å². The van der Waals surface area contributed by atoms with E-state index in [-0.39, 0.29) is 18.9 Å². The van der Waals surface area contributed by atoms with Gasteiger partial charge in [-0.05, 0) is 18.4 Å². The zero-order valence-corrected chi connectivity index (χ0v) is 13.9. The number of anilines is 1. The molecule has 26 heavy (non-hydrogen) atoms. The highest BCUT2D eigenvalue weighted by Gasteiger charge is 2.32. The summed E-state index contributed by atoms with van der Waals surface area (Å²) in [4.78, 5) is 29.7. The molecule has 138 valence electrons. The number of nitrogens with zero attached hydrogens (tertiary/aromatic N) is 4. The second kappa shape index (κ2) is 6.50. The molecule has 8 nitrogen and oxygen atoms in total. The third kappa shape index (κ3) is 3.06. The zero-order valence-electron chi connectivity index (χ0n) is 13.9. The van der Waals surface area contributed by atoms with Crippen LogP contribution in [0.3, 0.4) is 0 Å². The van der Waals surface area contributed by atoms with Crippen molar-refractivity contribution in [2.75, 3.05) is 24.5 Å². The highest BCUT2D eigenvalue weighted by molar-refractivity contribution is 6.00. The van der Waals surface area contributed by atoms with Crippen molar-refractivity contribution < 1.29 is 18.4 Å². The standard InChI is InChI=1S/C16H18F2N6O2/c17-13(18)5-9-1-3-23(8-9)12-6-11(22-24-4-2-19-14(12)24)10-7-20-16(26)21-15(10)25/h2,4,6,9-10,13H,1,3,5,7-8H2,(H2,20,21,25,26). The molecule has 4 rings (SSSR count). The van der Waals surface area contributed by atoms with Crippen molar-refractivity contribution in [3.63, 3.8) is 0 Å². The number of imidazole rings is 1. The van der Waals surface area contributed by atoms with Crippen molar-refractivity contribution >= 4 is 23.3 Å². The Morgan fingerprint density at radius 1 is 1.35 bits per heavy atom. The third-order valence-electron chi connectivity index (χ3n) is 4.87. The molecule has 0 aromatic carbocycles. The molecular formula is C16H18F2N6O2. The van der Waals surface area contributed by atoms with Crippen LogP contribution in [0.2, 0.25) is 0 Å². The van der Waals surface area contributed by atoms with Crippen LogP contribution in [0, 0.1) is 5.92 Å². The highest BCUT2D eigenvalue weighted by Crippen LogP contribution is 2.31. The number of urea groups is 1. The lowest BCUT2D eigenvalue weighted by Crippen LogP contribution is -2.51. The summed E-state index contributed by atoms with van der Waals surface area (Å²) in [6.07, 6.45) is 1.54. The van der Waals surface area contributed by atoms with Crippen molar-refractivity contribution in [2.24, 2.45) is 5.92 Å². The van der Waals surface area contributed by atoms with Gasteiger partial charge in [0.25, 0.3) is 0 Å². The number of imide groups is 1. The fourth-order valence-electron chi connectivity index (χ4n) is 3.59. The van der Waals surface area contributed by atoms with Crippen LogP contribution in [0.4, 0.5) is 19.3 Å². The van der Waals surface area contributed by atoms with Gasteiger partial charge in [0.15, 0.2) is 5.65 Å². The fraction of sp³-hybridized carbons (Fsp3) is 0.500. The molecule has 2 N–H and O–H groups in total. The molecule has 0 radical (unpaired) electrons. The largest absolute Gasteiger partial charge is 0.368 e. The van der Waals surface area contributed by atoms with Gasteiger partial charge >= 0.3 is 6.03 Å². The summed E-state index contributed by atoms with van der Waals surface area (Å²) in [5, 5.41) is 9.25. The van der Waals surface area contributed by atoms with Crippen LogP contribution in [-0.2, 0) is 4.79 Å². The number of rotatable bonds is 4. The summed E-state index contributed by atoms with van der Waals surface area (Å²) >= 11 is 0. The van der Waals surface area contributed by atoms with Gasteiger partial charge in [0.1, 0.15) is 0 Å². The summed E-state index contributed by atoms with van der Waals surface area (Å²) in [6, 6.07) is 1.25. The van der Waals surface area contributed by atoms with E-state index in [0.717, 1.165) is 5.69 Å². The maximum atomic E-state index is 12.7. The Morgan fingerprint density at radius 2 is 2.19 bits per heavy atom. The Labute approximate surface area is 147 Å². The number of alkyl halides is 2. The van der Waals surface area contributed by atoms with Gasteiger partial charge in [-0.2, -0.15) is 5.10 Å². The number of hydrogen-bond donors (Lipinski definition) is 2. The van der Waals surface area contributed by atoms with Crippen molar-refractivity contribution in [2.45, 2.75) is 25.2 Å². The van der Waals surface area contributed by atoms with E-state index in [0.29, 0.717) is 30.9 Å². The number of halogens is 2. The molecule has 4 heterocycles. The van der Waals surface area contributed by atoms with Crippen LogP contribution in [0.1, 0.15) is 24.5 Å². The lowest BCUT2D eigenvalue weighted by molar-refractivity contribution is -0.122. The summed E-state index contributed by atoms with van der Waals surface area (Å²) in [6.45, 7) is 1.33. The van der Waals surface area contributed by atoms with Gasteiger partial charge in [-0.15, -0.1) is 0 Å². The minimum atomic E-state index is -2.31. The monoisotopic (exact) mass is 364 g/mol. The van der Waals surface area contributed by atoms with Crippen LogP contribution in [0.25, 0.3) is 5.65 Å². The molecule has 2 fully saturated rings. The van der Waals surface area contributed by atoms with E-state index >= 15 is 0 Å². The molecule has 0 saturated carbocycles. The molecule has 2 aromatic heterocycles. The van der Waals surface area contributed by atoms with Crippen molar-refractivity contribution in [3.8, 4) is 0 Å². The van der Waals surface area contributed by atoms with Crippen molar-refractivity contribution in [1.82, 2.24) is 25.2 Å². The number of nitrogens with one attached hydrogen (secondary N) is 2. The van der Waals surface area contributed by atoms with Gasteiger partial charge in [-0.25, -0.2) is 23.1 Å². The van der Waals surface area contributed by atoms with Crippen LogP contribution in [0.5, 0.6) is 0 Å². The predicted molar refractivity (Wildman–Crippen MR) is 88.2 cm³/mol. The fourth-order valence-corrected chi connectivity index (χ4v) is 3.59. The molecular weight excluding hydrogens is 346 g/mol. The zero-order chi connectivity index (χ0) is 18.3. The first-order chi connectivity index (χ1) is 12.5. The maximum absolute atomic E-state index is 12.7. The number of amides is 3. The van der Waals surface area contributed by atoms with E-state index in [1.807, 2.05) is 4.90 Å². The Kier molecular flexibility index (Phi) is 4.17. The Balaban J connectivity index is 1.66. The molecule has 2 aliphatic rings. The molecule has 2 saturated heterocycles. The van der Waals surface area contributed by atoms with Gasteiger partial charge in [-0.1, -0.05) is 0 Å². The second-order valence-corrected chi connectivity index (χ2v) is 6.63. The minimum Gasteiger partial charge on any atom is -0.368 e. The minimum absolute atomic E-state index is 0.0705. The van der Waals surface area contributed by atoms with Crippen LogP contribution in [0.15, 0.2) is 18.5 Å². The van der Waals surface area contributed by atoms with E-state index in [2.05, 4.69) is 20.7 Å². The van der Waals surface area contributed by atoms with Gasteiger partial charge < -0.3 is 10.2 Å². The average molecular weight is 364 g/mol. The van der Waals surface area contributed by atoms with Crippen molar-refractivity contribution in [3.05, 3.63) is 24.2 Å². The molecule has 2 atom stereocenters. The number of fused-ring (bicyclic) bond motifs is 1. The van der Waals surface area contributed by atoms with Crippen LogP contribution >= 0.6 is 0 Å². The van der Waals surface area contributed by atoms with Crippen LogP contribution in [-0.4, -0.2) is 52.6 Å². The van der Waals surface area contributed by atoms with Crippen LogP contribution < -0.4 is 15.5 Å². The number of hydrogen-bond acceptors (Lipinski definition) is 5. The summed E-state index contributed by atoms with van der Waals surface area (Å²) in [7, 11) is 0. The Morgan fingerprint density at radius 3 is 2.96 bits per heavy atom. The van der Waals surface area contributed by atoms with Gasteiger partial charge in [0, 0.05) is 38.4 Å². The lowest BCUT2D eigenvalue weighted by Gasteiger charge is -2.24. The molecule has 0 spiro atoms. The summed E-state index contributed by atoms with van der Waals surface area (Å²) < 4.78 is 26.9. The Bertz CT molecular complexity index is 854. The number of aromatic nitrogens is 3. The average Bonchev–Trinajstić information content (AvgIpc) is 3.22. The molecule has 2 unspecified atom stereocenters. The van der Waals surface area contributed by atoms with Gasteiger partial charge in [-0.3, -0.25) is 10.1 Å². The maximum Gasteiger partial charge on any atom is 0.321 e. The molecule has 0 aliphatic carbocycles. The van der Waals surface area contributed by atoms with E-state index in [1.54, 1.807) is 23.0 Å². The normalized spacial score (nSPS) is 23.6. The van der Waals surface area contributed by atoms with E-state index in [4.69, 9.17) is 0 Å². The third-order valence-corrected chi connectivity index (χ3v) is 4.87. The summed E-state index contributed by atoms with van der Waals surface area (Å²) in [5.74, 6) is -1.10. The number of carbonyl (C=O) groups is 2. The first-order valence-corrected chi connectivity index (χ1v) is 8.47. The molecule has 2 aliphatic heterocycles. The SMILES string of the molecule is O=C1NCC(c2cc(N3CCC(CC(F)F)C3)c3nccn3n2)C(=O)N1. The first-order valence-electron chi connectivity index (χ1n) is 8.47. The van der Waals surface area contributed by atoms with E-state index in [9.17, 15) is 18.4 Å². The second-order valence-electron chi connectivity index (χ2n) is 6.63.